The predicted octanol–water partition coefficient (Wildman–Crippen LogP) is 3.32. The van der Waals surface area contributed by atoms with Crippen molar-refractivity contribution in [1.82, 2.24) is 5.32 Å². The van der Waals surface area contributed by atoms with E-state index in [1.165, 1.54) is 12.3 Å². The minimum Gasteiger partial charge on any atom is -0.465 e. The number of para-hydroxylation sites is 1. The summed E-state index contributed by atoms with van der Waals surface area (Å²) in [6.45, 7) is 4.63. The molecule has 0 spiro atoms. The van der Waals surface area contributed by atoms with Gasteiger partial charge in [-0.25, -0.2) is 0 Å². The number of amides is 2. The molecule has 23 heavy (non-hydrogen) atoms. The van der Waals surface area contributed by atoms with Crippen LogP contribution in [0.5, 0.6) is 0 Å². The number of rotatable bonds is 6. The fourth-order valence-electron chi connectivity index (χ4n) is 1.90. The SMILES string of the molecule is CC(C)CNC(=O)c1ccccc1NC(=O)/C=C/c1ccco1. The Labute approximate surface area is 135 Å². The summed E-state index contributed by atoms with van der Waals surface area (Å²) in [4.78, 5) is 24.2. The molecule has 2 N–H and O–H groups in total. The number of benzene rings is 1. The third-order valence-electron chi connectivity index (χ3n) is 3.04. The van der Waals surface area contributed by atoms with Crippen molar-refractivity contribution in [3.8, 4) is 0 Å². The van der Waals surface area contributed by atoms with Crippen molar-refractivity contribution in [3.63, 3.8) is 0 Å². The van der Waals surface area contributed by atoms with Crippen LogP contribution in [0, 0.1) is 5.92 Å². The Hall–Kier alpha value is -2.82. The number of nitrogens with one attached hydrogen (secondary N) is 2. The lowest BCUT2D eigenvalue weighted by Crippen LogP contribution is -2.28. The Morgan fingerprint density at radius 3 is 2.65 bits per heavy atom. The van der Waals surface area contributed by atoms with Crippen LogP contribution in [0.3, 0.4) is 0 Å². The fourth-order valence-corrected chi connectivity index (χ4v) is 1.90. The van der Waals surface area contributed by atoms with Crippen molar-refractivity contribution in [2.24, 2.45) is 5.92 Å². The van der Waals surface area contributed by atoms with E-state index in [2.05, 4.69) is 10.6 Å². The second-order valence-electron chi connectivity index (χ2n) is 5.49. The molecular formula is C18H20N2O3. The van der Waals surface area contributed by atoms with E-state index in [9.17, 15) is 9.59 Å². The van der Waals surface area contributed by atoms with Gasteiger partial charge in [0.2, 0.25) is 5.91 Å². The third kappa shape index (κ3) is 5.14. The van der Waals surface area contributed by atoms with Gasteiger partial charge in [0.1, 0.15) is 5.76 Å². The van der Waals surface area contributed by atoms with Gasteiger partial charge in [-0.3, -0.25) is 9.59 Å². The lowest BCUT2D eigenvalue weighted by atomic mass is 10.1. The van der Waals surface area contributed by atoms with Crippen molar-refractivity contribution >= 4 is 23.6 Å². The highest BCUT2D eigenvalue weighted by Crippen LogP contribution is 2.15. The standard InChI is InChI=1S/C18H20N2O3/c1-13(2)12-19-18(22)15-7-3-4-8-16(15)20-17(21)10-9-14-6-5-11-23-14/h3-11,13H,12H2,1-2H3,(H,19,22)(H,20,21)/b10-9+. The number of carbonyl (C=O) groups excluding carboxylic acids is 2. The van der Waals surface area contributed by atoms with Gasteiger partial charge < -0.3 is 15.1 Å². The molecule has 5 nitrogen and oxygen atoms in total. The molecule has 0 radical (unpaired) electrons. The molecule has 1 heterocycles. The lowest BCUT2D eigenvalue weighted by molar-refractivity contribution is -0.111. The summed E-state index contributed by atoms with van der Waals surface area (Å²) in [6.07, 6.45) is 4.46. The highest BCUT2D eigenvalue weighted by molar-refractivity contribution is 6.07. The Morgan fingerprint density at radius 2 is 1.96 bits per heavy atom. The molecule has 0 aliphatic carbocycles. The Balaban J connectivity index is 2.05. The maximum atomic E-state index is 12.2. The molecule has 0 unspecified atom stereocenters. The van der Waals surface area contributed by atoms with Crippen LogP contribution in [0.1, 0.15) is 30.0 Å². The van der Waals surface area contributed by atoms with Gasteiger partial charge in [-0.1, -0.05) is 26.0 Å². The van der Waals surface area contributed by atoms with Crippen molar-refractivity contribution in [2.75, 3.05) is 11.9 Å². The van der Waals surface area contributed by atoms with Crippen molar-refractivity contribution in [3.05, 3.63) is 60.1 Å². The first-order valence-electron chi connectivity index (χ1n) is 7.46. The second-order valence-corrected chi connectivity index (χ2v) is 5.49. The molecule has 0 aliphatic heterocycles. The van der Waals surface area contributed by atoms with Crippen LogP contribution in [-0.4, -0.2) is 18.4 Å². The molecule has 2 rings (SSSR count). The first-order valence-corrected chi connectivity index (χ1v) is 7.46. The van der Waals surface area contributed by atoms with Crippen molar-refractivity contribution < 1.29 is 14.0 Å². The summed E-state index contributed by atoms with van der Waals surface area (Å²) >= 11 is 0. The van der Waals surface area contributed by atoms with E-state index >= 15 is 0 Å². The summed E-state index contributed by atoms with van der Waals surface area (Å²) in [5.41, 5.74) is 0.913. The van der Waals surface area contributed by atoms with Gasteiger partial charge in [-0.2, -0.15) is 0 Å². The van der Waals surface area contributed by atoms with E-state index in [4.69, 9.17) is 4.42 Å². The highest BCUT2D eigenvalue weighted by atomic mass is 16.3. The van der Waals surface area contributed by atoms with Gasteiger partial charge in [0.15, 0.2) is 0 Å². The van der Waals surface area contributed by atoms with E-state index in [0.29, 0.717) is 29.5 Å². The van der Waals surface area contributed by atoms with Crippen LogP contribution in [-0.2, 0) is 4.79 Å². The molecule has 2 amide bonds. The molecule has 2 aromatic rings. The predicted molar refractivity (Wildman–Crippen MR) is 90.0 cm³/mol. The van der Waals surface area contributed by atoms with E-state index in [0.717, 1.165) is 0 Å². The second kappa shape index (κ2) is 7.98. The molecule has 1 aromatic heterocycles. The zero-order chi connectivity index (χ0) is 16.7. The summed E-state index contributed by atoms with van der Waals surface area (Å²) < 4.78 is 5.12. The molecule has 0 bridgehead atoms. The van der Waals surface area contributed by atoms with Crippen LogP contribution in [0.4, 0.5) is 5.69 Å². The third-order valence-corrected chi connectivity index (χ3v) is 3.04. The maximum absolute atomic E-state index is 12.2. The number of carbonyl (C=O) groups is 2. The molecule has 0 saturated heterocycles. The first-order chi connectivity index (χ1) is 11.1. The quantitative estimate of drug-likeness (QED) is 0.804. The monoisotopic (exact) mass is 312 g/mol. The van der Waals surface area contributed by atoms with Crippen LogP contribution < -0.4 is 10.6 Å². The van der Waals surface area contributed by atoms with Gasteiger partial charge >= 0.3 is 0 Å². The molecule has 1 aromatic carbocycles. The average Bonchev–Trinajstić information content (AvgIpc) is 3.04. The van der Waals surface area contributed by atoms with E-state index in [1.807, 2.05) is 13.8 Å². The molecule has 0 aliphatic rings. The van der Waals surface area contributed by atoms with E-state index in [-0.39, 0.29) is 11.8 Å². The molecule has 5 heteroatoms. The van der Waals surface area contributed by atoms with Crippen molar-refractivity contribution in [2.45, 2.75) is 13.8 Å². The zero-order valence-corrected chi connectivity index (χ0v) is 13.2. The zero-order valence-electron chi connectivity index (χ0n) is 13.2. The van der Waals surface area contributed by atoms with Crippen LogP contribution >= 0.6 is 0 Å². The number of furan rings is 1. The van der Waals surface area contributed by atoms with Crippen molar-refractivity contribution in [1.29, 1.82) is 0 Å². The molecule has 0 fully saturated rings. The Kier molecular flexibility index (Phi) is 5.74. The molecule has 0 atom stereocenters. The summed E-state index contributed by atoms with van der Waals surface area (Å²) in [5.74, 6) is 0.412. The molecule has 0 saturated carbocycles. The van der Waals surface area contributed by atoms with Crippen LogP contribution in [0.15, 0.2) is 53.2 Å². The molecular weight excluding hydrogens is 292 g/mol. The lowest BCUT2D eigenvalue weighted by Gasteiger charge is -2.11. The fraction of sp³-hybridized carbons (Fsp3) is 0.222. The first kappa shape index (κ1) is 16.5. The largest absolute Gasteiger partial charge is 0.465 e. The van der Waals surface area contributed by atoms with E-state index < -0.39 is 0 Å². The summed E-state index contributed by atoms with van der Waals surface area (Å²) in [5, 5.41) is 5.56. The Bertz CT molecular complexity index is 688. The molecule has 120 valence electrons. The van der Waals surface area contributed by atoms with Gasteiger partial charge in [0.05, 0.1) is 17.5 Å². The number of anilines is 1. The summed E-state index contributed by atoms with van der Waals surface area (Å²) in [7, 11) is 0. The van der Waals surface area contributed by atoms with Gasteiger partial charge in [0.25, 0.3) is 5.91 Å². The summed E-state index contributed by atoms with van der Waals surface area (Å²) in [6, 6.07) is 10.4. The normalized spacial score (nSPS) is 10.9. The van der Waals surface area contributed by atoms with E-state index in [1.54, 1.807) is 42.5 Å². The average molecular weight is 312 g/mol. The minimum atomic E-state index is -0.328. The van der Waals surface area contributed by atoms with Crippen LogP contribution in [0.2, 0.25) is 0 Å². The van der Waals surface area contributed by atoms with Gasteiger partial charge in [-0.05, 0) is 36.3 Å². The maximum Gasteiger partial charge on any atom is 0.253 e. The topological polar surface area (TPSA) is 71.3 Å². The minimum absolute atomic E-state index is 0.204. The Morgan fingerprint density at radius 1 is 1.17 bits per heavy atom. The number of hydrogen-bond acceptors (Lipinski definition) is 3. The van der Waals surface area contributed by atoms with Gasteiger partial charge in [0, 0.05) is 12.6 Å². The number of hydrogen-bond donors (Lipinski definition) is 2. The van der Waals surface area contributed by atoms with Crippen LogP contribution in [0.25, 0.3) is 6.08 Å². The smallest absolute Gasteiger partial charge is 0.253 e. The van der Waals surface area contributed by atoms with Gasteiger partial charge in [-0.15, -0.1) is 0 Å². The highest BCUT2D eigenvalue weighted by Gasteiger charge is 2.12.